The van der Waals surface area contributed by atoms with Crippen LogP contribution in [0.3, 0.4) is 0 Å². The largest absolute Gasteiger partial charge is 0.323 e. The van der Waals surface area contributed by atoms with Crippen molar-refractivity contribution in [2.24, 2.45) is 0 Å². The summed E-state index contributed by atoms with van der Waals surface area (Å²) < 4.78 is 0. The van der Waals surface area contributed by atoms with Crippen LogP contribution in [0.5, 0.6) is 0 Å². The lowest BCUT2D eigenvalue weighted by atomic mass is 11.3. The number of hydrogen-bond acceptors (Lipinski definition) is 2. The van der Waals surface area contributed by atoms with Crippen LogP contribution in [0.4, 0.5) is 0 Å². The minimum Gasteiger partial charge on any atom is -0.323 e. The van der Waals surface area contributed by atoms with Gasteiger partial charge in [0.1, 0.15) is 0 Å². The summed E-state index contributed by atoms with van der Waals surface area (Å²) in [6.45, 7) is 0. The Balaban J connectivity index is -0.0000000400. The molecule has 0 aliphatic carbocycles. The molecule has 0 aromatic rings. The topological polar surface area (TPSA) is 24.1 Å². The molecular formula is C4H15ClN2. The molecule has 0 amide bonds. The van der Waals surface area contributed by atoms with Crippen LogP contribution in [0.25, 0.3) is 0 Å². The Kier molecular flexibility index (Phi) is 77.3. The molecule has 0 aromatic carbocycles. The van der Waals surface area contributed by atoms with E-state index < -0.39 is 0 Å². The molecule has 7 heavy (non-hydrogen) atoms. The first kappa shape index (κ1) is 15.7. The maximum atomic E-state index is 2.75. The van der Waals surface area contributed by atoms with E-state index in [-0.39, 0.29) is 12.4 Å². The van der Waals surface area contributed by atoms with E-state index in [4.69, 9.17) is 0 Å². The maximum Gasteiger partial charge on any atom is -0.0167 e. The van der Waals surface area contributed by atoms with Crippen LogP contribution in [0.1, 0.15) is 0 Å². The first-order valence-electron chi connectivity index (χ1n) is 2.00. The highest BCUT2D eigenvalue weighted by Gasteiger charge is 1.26. The van der Waals surface area contributed by atoms with Gasteiger partial charge in [0.15, 0.2) is 0 Å². The van der Waals surface area contributed by atoms with Crippen LogP contribution in [-0.2, 0) is 0 Å². The van der Waals surface area contributed by atoms with Crippen molar-refractivity contribution in [2.75, 3.05) is 28.2 Å². The lowest BCUT2D eigenvalue weighted by Gasteiger charge is -1.59. The van der Waals surface area contributed by atoms with Crippen LogP contribution in [0, 0.1) is 0 Å². The average molecular weight is 127 g/mol. The van der Waals surface area contributed by atoms with Crippen LogP contribution in [0.2, 0.25) is 0 Å². The van der Waals surface area contributed by atoms with Gasteiger partial charge < -0.3 is 10.6 Å². The van der Waals surface area contributed by atoms with Gasteiger partial charge in [-0.15, -0.1) is 12.4 Å². The zero-order chi connectivity index (χ0) is 5.41. The first-order chi connectivity index (χ1) is 2.83. The summed E-state index contributed by atoms with van der Waals surface area (Å²) in [5.41, 5.74) is 0. The normalized spacial score (nSPS) is 5.14. The van der Waals surface area contributed by atoms with E-state index >= 15 is 0 Å². The highest BCUT2D eigenvalue weighted by molar-refractivity contribution is 5.85. The lowest BCUT2D eigenvalue weighted by Crippen LogP contribution is -1.89. The molecule has 0 spiro atoms. The van der Waals surface area contributed by atoms with E-state index in [9.17, 15) is 0 Å². The summed E-state index contributed by atoms with van der Waals surface area (Å²) >= 11 is 0. The van der Waals surface area contributed by atoms with E-state index in [2.05, 4.69) is 10.6 Å². The summed E-state index contributed by atoms with van der Waals surface area (Å²) in [4.78, 5) is 0. The van der Waals surface area contributed by atoms with E-state index in [1.54, 1.807) is 0 Å². The van der Waals surface area contributed by atoms with Crippen LogP contribution >= 0.6 is 12.4 Å². The summed E-state index contributed by atoms with van der Waals surface area (Å²) in [5, 5.41) is 5.50. The van der Waals surface area contributed by atoms with Crippen molar-refractivity contribution >= 4 is 12.4 Å². The Hall–Kier alpha value is 0.210. The second kappa shape index (κ2) is 34.5. The van der Waals surface area contributed by atoms with Crippen molar-refractivity contribution in [3.63, 3.8) is 0 Å². The van der Waals surface area contributed by atoms with E-state index in [1.165, 1.54) is 0 Å². The van der Waals surface area contributed by atoms with Crippen molar-refractivity contribution in [3.8, 4) is 0 Å². The SMILES string of the molecule is CNC.CNC.Cl. The molecule has 0 saturated carbocycles. The Morgan fingerprint density at radius 3 is 0.714 bits per heavy atom. The summed E-state index contributed by atoms with van der Waals surface area (Å²) in [6.07, 6.45) is 0. The van der Waals surface area contributed by atoms with Gasteiger partial charge in [-0.2, -0.15) is 0 Å². The Bertz CT molecular complexity index is 11.7. The molecule has 0 radical (unpaired) electrons. The molecule has 0 aliphatic heterocycles. The third kappa shape index (κ3) is 2500. The average Bonchev–Trinajstić information content (AvgIpc) is 1.39. The summed E-state index contributed by atoms with van der Waals surface area (Å²) in [6, 6.07) is 0. The predicted molar refractivity (Wildman–Crippen MR) is 37.2 cm³/mol. The fourth-order valence-electron chi connectivity index (χ4n) is 0. The minimum absolute atomic E-state index is 0. The van der Waals surface area contributed by atoms with Crippen LogP contribution in [-0.4, -0.2) is 28.2 Å². The molecule has 0 atom stereocenters. The van der Waals surface area contributed by atoms with Crippen molar-refractivity contribution < 1.29 is 0 Å². The zero-order valence-corrected chi connectivity index (χ0v) is 6.22. The molecule has 0 unspecified atom stereocenters. The maximum absolute atomic E-state index is 2.75. The molecule has 3 heteroatoms. The second-order valence-electron chi connectivity index (χ2n) is 1.00. The molecular weight excluding hydrogens is 112 g/mol. The third-order valence-corrected chi connectivity index (χ3v) is 0. The standard InChI is InChI=1S/2C2H7N.ClH/c2*1-3-2;/h2*3H,1-2H3;1H. The number of rotatable bonds is 0. The predicted octanol–water partition coefficient (Wildman–Crippen LogP) is 0.0930. The van der Waals surface area contributed by atoms with E-state index in [1.807, 2.05) is 28.2 Å². The second-order valence-corrected chi connectivity index (χ2v) is 1.00. The van der Waals surface area contributed by atoms with Gasteiger partial charge in [-0.1, -0.05) is 0 Å². The van der Waals surface area contributed by atoms with Gasteiger partial charge in [0.25, 0.3) is 0 Å². The molecule has 48 valence electrons. The highest BCUT2D eigenvalue weighted by atomic mass is 35.5. The van der Waals surface area contributed by atoms with Gasteiger partial charge in [-0.25, -0.2) is 0 Å². The van der Waals surface area contributed by atoms with Crippen molar-refractivity contribution in [2.45, 2.75) is 0 Å². The van der Waals surface area contributed by atoms with Gasteiger partial charge in [0.05, 0.1) is 0 Å². The minimum atomic E-state index is 0. The van der Waals surface area contributed by atoms with Crippen molar-refractivity contribution in [1.82, 2.24) is 10.6 Å². The molecule has 0 heterocycles. The molecule has 2 nitrogen and oxygen atoms in total. The molecule has 0 bridgehead atoms. The van der Waals surface area contributed by atoms with E-state index in [0.717, 1.165) is 0 Å². The van der Waals surface area contributed by atoms with Gasteiger partial charge in [-0.05, 0) is 28.2 Å². The Labute approximate surface area is 52.1 Å². The van der Waals surface area contributed by atoms with Gasteiger partial charge in [-0.3, -0.25) is 0 Å². The number of halogens is 1. The molecule has 0 aromatic heterocycles. The third-order valence-electron chi connectivity index (χ3n) is 0. The summed E-state index contributed by atoms with van der Waals surface area (Å²) in [5.74, 6) is 0. The fraction of sp³-hybridized carbons (Fsp3) is 1.00. The molecule has 0 saturated heterocycles. The molecule has 0 aliphatic rings. The quantitative estimate of drug-likeness (QED) is 0.481. The molecule has 0 fully saturated rings. The summed E-state index contributed by atoms with van der Waals surface area (Å²) in [7, 11) is 7.50. The van der Waals surface area contributed by atoms with Gasteiger partial charge in [0.2, 0.25) is 0 Å². The fourth-order valence-corrected chi connectivity index (χ4v) is 0. The van der Waals surface area contributed by atoms with E-state index in [0.29, 0.717) is 0 Å². The van der Waals surface area contributed by atoms with Crippen LogP contribution in [0.15, 0.2) is 0 Å². The van der Waals surface area contributed by atoms with Crippen LogP contribution < -0.4 is 10.6 Å². The zero-order valence-electron chi connectivity index (χ0n) is 5.41. The lowest BCUT2D eigenvalue weighted by molar-refractivity contribution is 1.02. The first-order valence-corrected chi connectivity index (χ1v) is 2.00. The number of hydrogen-bond donors (Lipinski definition) is 2. The van der Waals surface area contributed by atoms with Gasteiger partial charge >= 0.3 is 0 Å². The Morgan fingerprint density at radius 2 is 0.714 bits per heavy atom. The molecule has 0 rings (SSSR count). The van der Waals surface area contributed by atoms with Gasteiger partial charge in [0, 0.05) is 0 Å². The smallest absolute Gasteiger partial charge is 0.0167 e. The van der Waals surface area contributed by atoms with Crippen molar-refractivity contribution in [3.05, 3.63) is 0 Å². The monoisotopic (exact) mass is 126 g/mol. The van der Waals surface area contributed by atoms with Crippen molar-refractivity contribution in [1.29, 1.82) is 0 Å². The molecule has 2 N–H and O–H groups in total. The number of nitrogens with one attached hydrogen (secondary N) is 2. The highest BCUT2D eigenvalue weighted by Crippen LogP contribution is 0.984. The Morgan fingerprint density at radius 1 is 0.714 bits per heavy atom.